The molecule has 2 aliphatic rings. The summed E-state index contributed by atoms with van der Waals surface area (Å²) < 4.78 is 75.4. The minimum absolute atomic E-state index is 0.0609. The lowest BCUT2D eigenvalue weighted by molar-refractivity contribution is -0.192. The third-order valence-corrected chi connectivity index (χ3v) is 7.08. The normalized spacial score (nSPS) is 24.7. The van der Waals surface area contributed by atoms with Crippen molar-refractivity contribution in [2.45, 2.75) is 43.3 Å². The lowest BCUT2D eigenvalue weighted by Crippen LogP contribution is -2.55. The van der Waals surface area contributed by atoms with Crippen LogP contribution in [0.15, 0.2) is 48.5 Å². The number of rotatable bonds is 3. The Hall–Kier alpha value is -2.06. The zero-order valence-corrected chi connectivity index (χ0v) is 16.1. The van der Waals surface area contributed by atoms with Crippen molar-refractivity contribution in [1.29, 1.82) is 0 Å². The highest BCUT2D eigenvalue weighted by molar-refractivity contribution is 7.92. The molecule has 0 N–H and O–H groups in total. The van der Waals surface area contributed by atoms with E-state index in [1.807, 2.05) is 0 Å². The lowest BCUT2D eigenvalue weighted by atomic mass is 9.86. The molecule has 1 spiro atoms. The first-order chi connectivity index (χ1) is 13.2. The number of fused-ring (bicyclic) bond motifs is 2. The number of hydrogen-bond donors (Lipinski definition) is 0. The van der Waals surface area contributed by atoms with Gasteiger partial charge >= 0.3 is 6.18 Å². The summed E-state index contributed by atoms with van der Waals surface area (Å²) in [5, 5.41) is 0. The van der Waals surface area contributed by atoms with Crippen LogP contribution in [0.25, 0.3) is 0 Å². The highest BCUT2D eigenvalue weighted by Gasteiger charge is 2.66. The Bertz CT molecular complexity index is 984. The molecule has 1 saturated heterocycles. The molecule has 4 nitrogen and oxygen atoms in total. The van der Waals surface area contributed by atoms with Crippen LogP contribution >= 0.6 is 0 Å². The molecule has 0 aliphatic carbocycles. The SMILES string of the molecule is Cc1ccc2c(c1)C1(CCCO1)C(C(F)(F)F)N2S(=O)(=O)Cc1ccccc1. The summed E-state index contributed by atoms with van der Waals surface area (Å²) in [7, 11) is -4.30. The van der Waals surface area contributed by atoms with Gasteiger partial charge in [-0.1, -0.05) is 48.0 Å². The molecule has 2 atom stereocenters. The van der Waals surface area contributed by atoms with E-state index >= 15 is 0 Å². The molecule has 4 rings (SSSR count). The first-order valence-corrected chi connectivity index (χ1v) is 10.6. The van der Waals surface area contributed by atoms with E-state index in [0.717, 1.165) is 5.56 Å². The van der Waals surface area contributed by atoms with Gasteiger partial charge in [0.2, 0.25) is 10.0 Å². The van der Waals surface area contributed by atoms with E-state index in [1.54, 1.807) is 49.4 Å². The van der Waals surface area contributed by atoms with Gasteiger partial charge in [-0.05, 0) is 31.4 Å². The van der Waals surface area contributed by atoms with Crippen LogP contribution in [0.1, 0.15) is 29.5 Å². The molecule has 2 aliphatic heterocycles. The van der Waals surface area contributed by atoms with Crippen LogP contribution in [0, 0.1) is 6.92 Å². The maximum Gasteiger partial charge on any atom is 0.413 e. The number of halogens is 3. The second kappa shape index (κ2) is 6.49. The average Bonchev–Trinajstić information content (AvgIpc) is 3.20. The number of ether oxygens (including phenoxy) is 1. The van der Waals surface area contributed by atoms with Crippen molar-refractivity contribution in [3.63, 3.8) is 0 Å². The van der Waals surface area contributed by atoms with Crippen LogP contribution in [0.2, 0.25) is 0 Å². The third kappa shape index (κ3) is 2.99. The maximum atomic E-state index is 14.3. The van der Waals surface area contributed by atoms with E-state index in [0.29, 0.717) is 21.9 Å². The van der Waals surface area contributed by atoms with Gasteiger partial charge < -0.3 is 4.74 Å². The second-order valence-corrected chi connectivity index (χ2v) is 9.19. The number of benzene rings is 2. The quantitative estimate of drug-likeness (QED) is 0.757. The number of anilines is 1. The average molecular weight is 411 g/mol. The van der Waals surface area contributed by atoms with Crippen molar-refractivity contribution in [3.8, 4) is 0 Å². The predicted molar refractivity (Wildman–Crippen MR) is 99.4 cm³/mol. The van der Waals surface area contributed by atoms with E-state index in [2.05, 4.69) is 0 Å². The number of alkyl halides is 3. The Labute approximate surface area is 162 Å². The van der Waals surface area contributed by atoms with Crippen molar-refractivity contribution >= 4 is 15.7 Å². The third-order valence-electron chi connectivity index (χ3n) is 5.38. The van der Waals surface area contributed by atoms with Crippen LogP contribution in [0.4, 0.5) is 18.9 Å². The zero-order chi connectivity index (χ0) is 20.2. The molecule has 2 aromatic carbocycles. The smallest absolute Gasteiger partial charge is 0.368 e. The molecular formula is C20H20F3NO3S. The summed E-state index contributed by atoms with van der Waals surface area (Å²) in [6.45, 7) is 1.94. The summed E-state index contributed by atoms with van der Waals surface area (Å²) >= 11 is 0. The van der Waals surface area contributed by atoms with E-state index < -0.39 is 33.6 Å². The van der Waals surface area contributed by atoms with Gasteiger partial charge in [0.1, 0.15) is 5.60 Å². The van der Waals surface area contributed by atoms with E-state index in [4.69, 9.17) is 4.74 Å². The molecule has 2 heterocycles. The Morgan fingerprint density at radius 1 is 1.18 bits per heavy atom. The zero-order valence-electron chi connectivity index (χ0n) is 15.2. The van der Waals surface area contributed by atoms with Gasteiger partial charge in [-0.15, -0.1) is 0 Å². The predicted octanol–water partition coefficient (Wildman–Crippen LogP) is 4.28. The first kappa shape index (κ1) is 19.3. The van der Waals surface area contributed by atoms with E-state index in [9.17, 15) is 21.6 Å². The molecule has 8 heteroatoms. The summed E-state index contributed by atoms with van der Waals surface area (Å²) in [5.74, 6) is -0.510. The minimum atomic E-state index is -4.78. The largest absolute Gasteiger partial charge is 0.413 e. The fourth-order valence-corrected chi connectivity index (χ4v) is 6.13. The fourth-order valence-electron chi connectivity index (χ4n) is 4.31. The van der Waals surface area contributed by atoms with Crippen molar-refractivity contribution in [3.05, 3.63) is 65.2 Å². The molecule has 150 valence electrons. The molecule has 1 fully saturated rings. The van der Waals surface area contributed by atoms with Crippen LogP contribution < -0.4 is 4.31 Å². The number of aryl methyl sites for hydroxylation is 1. The standard InChI is InChI=1S/C20H20F3NO3S/c1-14-8-9-17-16(12-14)19(10-5-11-27-19)18(20(21,22)23)24(17)28(25,26)13-15-6-3-2-4-7-15/h2-4,6-9,12,18H,5,10-11,13H2,1H3. The monoisotopic (exact) mass is 411 g/mol. The highest BCUT2D eigenvalue weighted by atomic mass is 32.2. The Kier molecular flexibility index (Phi) is 4.46. The molecule has 2 unspecified atom stereocenters. The van der Waals surface area contributed by atoms with Crippen molar-refractivity contribution < 1.29 is 26.3 Å². The summed E-state index contributed by atoms with van der Waals surface area (Å²) in [4.78, 5) is 0. The molecule has 0 amide bonds. The van der Waals surface area contributed by atoms with Gasteiger partial charge in [0.25, 0.3) is 0 Å². The molecule has 0 bridgehead atoms. The van der Waals surface area contributed by atoms with E-state index in [1.165, 1.54) is 6.07 Å². The van der Waals surface area contributed by atoms with Crippen molar-refractivity contribution in [2.75, 3.05) is 10.9 Å². The minimum Gasteiger partial charge on any atom is -0.368 e. The van der Waals surface area contributed by atoms with Crippen molar-refractivity contribution in [2.24, 2.45) is 0 Å². The van der Waals surface area contributed by atoms with Crippen LogP contribution in [-0.4, -0.2) is 27.2 Å². The molecular weight excluding hydrogens is 391 g/mol. The van der Waals surface area contributed by atoms with Gasteiger partial charge in [-0.3, -0.25) is 4.31 Å². The maximum absolute atomic E-state index is 14.3. The Balaban J connectivity index is 1.90. The molecule has 0 saturated carbocycles. The lowest BCUT2D eigenvalue weighted by Gasteiger charge is -2.36. The van der Waals surface area contributed by atoms with E-state index in [-0.39, 0.29) is 18.7 Å². The van der Waals surface area contributed by atoms with Crippen LogP contribution in [-0.2, 0) is 26.1 Å². The van der Waals surface area contributed by atoms with Gasteiger partial charge in [0.15, 0.2) is 6.04 Å². The van der Waals surface area contributed by atoms with Gasteiger partial charge in [0.05, 0.1) is 11.4 Å². The van der Waals surface area contributed by atoms with Crippen LogP contribution in [0.3, 0.4) is 0 Å². The van der Waals surface area contributed by atoms with Gasteiger partial charge in [-0.25, -0.2) is 8.42 Å². The number of hydrogen-bond acceptors (Lipinski definition) is 3. The van der Waals surface area contributed by atoms with Crippen LogP contribution in [0.5, 0.6) is 0 Å². The van der Waals surface area contributed by atoms with Gasteiger partial charge in [-0.2, -0.15) is 13.2 Å². The summed E-state index contributed by atoms with van der Waals surface area (Å²) in [5.41, 5.74) is -0.124. The topological polar surface area (TPSA) is 46.6 Å². The molecule has 0 radical (unpaired) electrons. The Morgan fingerprint density at radius 3 is 2.50 bits per heavy atom. The fraction of sp³-hybridized carbons (Fsp3) is 0.400. The summed E-state index contributed by atoms with van der Waals surface area (Å²) in [6.07, 6.45) is -4.20. The molecule has 2 aromatic rings. The highest BCUT2D eigenvalue weighted by Crippen LogP contribution is 2.57. The van der Waals surface area contributed by atoms with Gasteiger partial charge in [0, 0.05) is 12.2 Å². The molecule has 0 aromatic heterocycles. The van der Waals surface area contributed by atoms with Crippen molar-refractivity contribution in [1.82, 2.24) is 0 Å². The number of sulfonamides is 1. The molecule has 28 heavy (non-hydrogen) atoms. The first-order valence-electron chi connectivity index (χ1n) is 9.03. The summed E-state index contributed by atoms with van der Waals surface area (Å²) in [6, 6.07) is 10.7. The Morgan fingerprint density at radius 2 is 1.89 bits per heavy atom. The number of nitrogens with zero attached hydrogens (tertiary/aromatic N) is 1. The second-order valence-electron chi connectivity index (χ2n) is 7.34.